The topological polar surface area (TPSA) is 62.7 Å². The Morgan fingerprint density at radius 2 is 2.18 bits per heavy atom. The molecule has 0 spiro atoms. The van der Waals surface area contributed by atoms with Crippen molar-refractivity contribution in [1.82, 2.24) is 14.8 Å². The van der Waals surface area contributed by atoms with Gasteiger partial charge < -0.3 is 14.5 Å². The normalized spacial score (nSPS) is 27.9. The summed E-state index contributed by atoms with van der Waals surface area (Å²) in [6.45, 7) is 1.76. The molecule has 2 aliphatic heterocycles. The van der Waals surface area contributed by atoms with Gasteiger partial charge in [0.1, 0.15) is 6.61 Å². The van der Waals surface area contributed by atoms with Crippen molar-refractivity contribution in [2.24, 2.45) is 5.92 Å². The molecular weight excluding hydrogens is 282 g/mol. The standard InChI is InChI=1S/C16H19N3O3/c20-15-10-22-14-9-18(16(21)11-4-5-11)8-13(14)19(15)7-12-3-1-2-6-17-12/h1-3,6,11,13-14H,4-5,7-10H2/t13-,14+/m1/s1. The molecule has 4 rings (SSSR count). The van der Waals surface area contributed by atoms with Gasteiger partial charge in [-0.2, -0.15) is 0 Å². The third-order valence-electron chi connectivity index (χ3n) is 4.68. The summed E-state index contributed by atoms with van der Waals surface area (Å²) in [6.07, 6.45) is 3.67. The lowest BCUT2D eigenvalue weighted by atomic mass is 10.1. The molecule has 1 aromatic heterocycles. The Labute approximate surface area is 129 Å². The molecule has 116 valence electrons. The number of amides is 2. The first-order chi connectivity index (χ1) is 10.7. The van der Waals surface area contributed by atoms with Gasteiger partial charge in [0.05, 0.1) is 24.4 Å². The van der Waals surface area contributed by atoms with Crippen LogP contribution in [0.15, 0.2) is 24.4 Å². The highest BCUT2D eigenvalue weighted by Crippen LogP contribution is 2.34. The van der Waals surface area contributed by atoms with Gasteiger partial charge in [0.2, 0.25) is 11.8 Å². The summed E-state index contributed by atoms with van der Waals surface area (Å²) >= 11 is 0. The van der Waals surface area contributed by atoms with E-state index in [0.29, 0.717) is 19.6 Å². The second-order valence-electron chi connectivity index (χ2n) is 6.28. The van der Waals surface area contributed by atoms with Crippen molar-refractivity contribution >= 4 is 11.8 Å². The highest BCUT2D eigenvalue weighted by atomic mass is 16.5. The fraction of sp³-hybridized carbons (Fsp3) is 0.562. The number of morpholine rings is 1. The van der Waals surface area contributed by atoms with Gasteiger partial charge >= 0.3 is 0 Å². The van der Waals surface area contributed by atoms with Gasteiger partial charge in [0.25, 0.3) is 0 Å². The Bertz CT molecular complexity index is 588. The Hall–Kier alpha value is -1.95. The zero-order valence-electron chi connectivity index (χ0n) is 12.4. The number of pyridine rings is 1. The molecule has 2 amide bonds. The average molecular weight is 301 g/mol. The minimum Gasteiger partial charge on any atom is -0.364 e. The fourth-order valence-electron chi connectivity index (χ4n) is 3.31. The number of hydrogen-bond acceptors (Lipinski definition) is 4. The van der Waals surface area contributed by atoms with E-state index in [1.807, 2.05) is 28.0 Å². The van der Waals surface area contributed by atoms with Gasteiger partial charge in [-0.15, -0.1) is 0 Å². The number of aromatic nitrogens is 1. The van der Waals surface area contributed by atoms with Crippen molar-refractivity contribution in [3.63, 3.8) is 0 Å². The molecular formula is C16H19N3O3. The van der Waals surface area contributed by atoms with Crippen molar-refractivity contribution in [2.45, 2.75) is 31.5 Å². The van der Waals surface area contributed by atoms with Gasteiger partial charge in [-0.05, 0) is 25.0 Å². The molecule has 6 heteroatoms. The van der Waals surface area contributed by atoms with E-state index in [1.165, 1.54) is 0 Å². The van der Waals surface area contributed by atoms with E-state index in [0.717, 1.165) is 18.5 Å². The van der Waals surface area contributed by atoms with Crippen LogP contribution >= 0.6 is 0 Å². The minimum atomic E-state index is -0.0656. The molecule has 0 unspecified atom stereocenters. The first-order valence-electron chi connectivity index (χ1n) is 7.82. The van der Waals surface area contributed by atoms with Crippen LogP contribution in [0.3, 0.4) is 0 Å². The Morgan fingerprint density at radius 1 is 1.32 bits per heavy atom. The Kier molecular flexibility index (Phi) is 3.33. The van der Waals surface area contributed by atoms with E-state index in [2.05, 4.69) is 4.98 Å². The van der Waals surface area contributed by atoms with Crippen LogP contribution in [0.25, 0.3) is 0 Å². The number of rotatable bonds is 3. The number of likely N-dealkylation sites (tertiary alicyclic amines) is 1. The van der Waals surface area contributed by atoms with E-state index in [4.69, 9.17) is 4.74 Å². The van der Waals surface area contributed by atoms with E-state index >= 15 is 0 Å². The lowest BCUT2D eigenvalue weighted by Gasteiger charge is -2.36. The van der Waals surface area contributed by atoms with Gasteiger partial charge in [-0.1, -0.05) is 6.07 Å². The minimum absolute atomic E-state index is 0.0207. The van der Waals surface area contributed by atoms with Crippen molar-refractivity contribution in [3.05, 3.63) is 30.1 Å². The van der Waals surface area contributed by atoms with E-state index < -0.39 is 0 Å². The average Bonchev–Trinajstić information content (AvgIpc) is 3.29. The predicted octanol–water partition coefficient (Wildman–Crippen LogP) is 0.430. The van der Waals surface area contributed by atoms with Gasteiger partial charge in [-0.25, -0.2) is 0 Å². The molecule has 3 heterocycles. The van der Waals surface area contributed by atoms with Crippen molar-refractivity contribution in [3.8, 4) is 0 Å². The first kappa shape index (κ1) is 13.7. The van der Waals surface area contributed by atoms with E-state index in [1.54, 1.807) is 6.20 Å². The molecule has 3 fully saturated rings. The molecule has 1 saturated carbocycles. The molecule has 22 heavy (non-hydrogen) atoms. The fourth-order valence-corrected chi connectivity index (χ4v) is 3.31. The molecule has 2 atom stereocenters. The van der Waals surface area contributed by atoms with Crippen molar-refractivity contribution < 1.29 is 14.3 Å². The number of carbonyl (C=O) groups is 2. The number of ether oxygens (including phenoxy) is 1. The van der Waals surface area contributed by atoms with Gasteiger partial charge in [-0.3, -0.25) is 14.6 Å². The summed E-state index contributed by atoms with van der Waals surface area (Å²) in [4.78, 5) is 32.5. The van der Waals surface area contributed by atoms with E-state index in [-0.39, 0.29) is 36.5 Å². The second-order valence-corrected chi connectivity index (χ2v) is 6.28. The van der Waals surface area contributed by atoms with Crippen LogP contribution in [-0.4, -0.2) is 58.4 Å². The summed E-state index contributed by atoms with van der Waals surface area (Å²) in [5.74, 6) is 0.413. The zero-order chi connectivity index (χ0) is 15.1. The molecule has 1 aromatic rings. The number of hydrogen-bond donors (Lipinski definition) is 0. The highest BCUT2D eigenvalue weighted by Gasteiger charge is 2.46. The summed E-state index contributed by atoms with van der Waals surface area (Å²) in [6, 6.07) is 5.65. The summed E-state index contributed by atoms with van der Waals surface area (Å²) < 4.78 is 5.66. The molecule has 2 saturated heterocycles. The molecule has 0 radical (unpaired) electrons. The second kappa shape index (κ2) is 5.35. The summed E-state index contributed by atoms with van der Waals surface area (Å²) in [5, 5.41) is 0. The predicted molar refractivity (Wildman–Crippen MR) is 77.6 cm³/mol. The van der Waals surface area contributed by atoms with Crippen LogP contribution in [0.1, 0.15) is 18.5 Å². The van der Waals surface area contributed by atoms with Gasteiger partial charge in [0.15, 0.2) is 0 Å². The smallest absolute Gasteiger partial charge is 0.249 e. The Balaban J connectivity index is 1.50. The molecule has 0 aromatic carbocycles. The SMILES string of the molecule is O=C(C1CC1)N1C[C@@H]2OCC(=O)N(Cc3ccccn3)[C@@H]2C1. The first-order valence-corrected chi connectivity index (χ1v) is 7.82. The quantitative estimate of drug-likeness (QED) is 0.812. The monoisotopic (exact) mass is 301 g/mol. The Morgan fingerprint density at radius 3 is 2.91 bits per heavy atom. The van der Waals surface area contributed by atoms with E-state index in [9.17, 15) is 9.59 Å². The maximum absolute atomic E-state index is 12.3. The summed E-state index contributed by atoms with van der Waals surface area (Å²) in [7, 11) is 0. The third-order valence-corrected chi connectivity index (χ3v) is 4.68. The lowest BCUT2D eigenvalue weighted by Crippen LogP contribution is -2.53. The van der Waals surface area contributed by atoms with Gasteiger partial charge in [0, 0.05) is 25.2 Å². The van der Waals surface area contributed by atoms with Crippen LogP contribution in [0.5, 0.6) is 0 Å². The van der Waals surface area contributed by atoms with Crippen LogP contribution in [0.2, 0.25) is 0 Å². The number of nitrogens with zero attached hydrogens (tertiary/aromatic N) is 3. The number of fused-ring (bicyclic) bond motifs is 1. The molecule has 6 nitrogen and oxygen atoms in total. The van der Waals surface area contributed by atoms with Crippen LogP contribution < -0.4 is 0 Å². The largest absolute Gasteiger partial charge is 0.364 e. The maximum Gasteiger partial charge on any atom is 0.249 e. The van der Waals surface area contributed by atoms with Crippen LogP contribution in [-0.2, 0) is 20.9 Å². The molecule has 3 aliphatic rings. The third kappa shape index (κ3) is 2.47. The molecule has 0 bridgehead atoms. The van der Waals surface area contributed by atoms with Crippen LogP contribution in [0.4, 0.5) is 0 Å². The molecule has 1 aliphatic carbocycles. The van der Waals surface area contributed by atoms with Crippen molar-refractivity contribution in [1.29, 1.82) is 0 Å². The lowest BCUT2D eigenvalue weighted by molar-refractivity contribution is -0.154. The zero-order valence-corrected chi connectivity index (χ0v) is 12.4. The molecule has 0 N–H and O–H groups in total. The maximum atomic E-state index is 12.3. The van der Waals surface area contributed by atoms with Crippen molar-refractivity contribution in [2.75, 3.05) is 19.7 Å². The highest BCUT2D eigenvalue weighted by molar-refractivity contribution is 5.82. The van der Waals surface area contributed by atoms with Crippen LogP contribution in [0, 0.1) is 5.92 Å². The number of carbonyl (C=O) groups excluding carboxylic acids is 2. The summed E-state index contributed by atoms with van der Waals surface area (Å²) in [5.41, 5.74) is 0.864.